The second-order valence-electron chi connectivity index (χ2n) is 6.73. The van der Waals surface area contributed by atoms with Gasteiger partial charge in [0.2, 0.25) is 0 Å². The number of carbonyl (C=O) groups is 2. The van der Waals surface area contributed by atoms with Crippen LogP contribution in [0.1, 0.15) is 17.3 Å². The molecule has 33 heavy (non-hydrogen) atoms. The van der Waals surface area contributed by atoms with Crippen molar-refractivity contribution in [2.45, 2.75) is 11.1 Å². The summed E-state index contributed by atoms with van der Waals surface area (Å²) in [6.45, 7) is 1.60. The number of rotatable bonds is 11. The molecule has 0 saturated carbocycles. The van der Waals surface area contributed by atoms with Gasteiger partial charge >= 0.3 is 5.97 Å². The number of benzene rings is 2. The van der Waals surface area contributed by atoms with Gasteiger partial charge in [0.15, 0.2) is 19.0 Å². The van der Waals surface area contributed by atoms with Gasteiger partial charge < -0.3 is 14.2 Å². The fourth-order valence-corrected chi connectivity index (χ4v) is 5.11. The van der Waals surface area contributed by atoms with Gasteiger partial charge in [-0.15, -0.1) is 11.3 Å². The van der Waals surface area contributed by atoms with Gasteiger partial charge in [0.1, 0.15) is 15.7 Å². The number of thiophene rings is 1. The Bertz CT molecular complexity index is 1170. The molecule has 10 heteroatoms. The standard InChI is InChI=1S/C23H23NO7S2/c1-3-29-19-10-6-17(7-11-19)21(25)15-31-22(26)16-30-20-12-8-18(9-13-20)24(2)33(27,28)23-5-4-14-32-23/h4-14H,3,15-16H2,1-2H3. The van der Waals surface area contributed by atoms with Crippen molar-refractivity contribution >= 4 is 38.8 Å². The van der Waals surface area contributed by atoms with Gasteiger partial charge in [-0.25, -0.2) is 13.2 Å². The second-order valence-corrected chi connectivity index (χ2v) is 9.87. The van der Waals surface area contributed by atoms with Crippen LogP contribution in [0.25, 0.3) is 0 Å². The first kappa shape index (κ1) is 24.3. The number of nitrogens with zero attached hydrogens (tertiary/aromatic N) is 1. The molecule has 0 unspecified atom stereocenters. The summed E-state index contributed by atoms with van der Waals surface area (Å²) in [5.41, 5.74) is 0.851. The van der Waals surface area contributed by atoms with Crippen LogP contribution >= 0.6 is 11.3 Å². The number of hydrogen-bond donors (Lipinski definition) is 0. The summed E-state index contributed by atoms with van der Waals surface area (Å²) in [4.78, 5) is 24.1. The smallest absolute Gasteiger partial charge is 0.344 e. The first-order chi connectivity index (χ1) is 15.8. The van der Waals surface area contributed by atoms with Crippen LogP contribution in [0.15, 0.2) is 70.3 Å². The van der Waals surface area contributed by atoms with Gasteiger partial charge in [-0.1, -0.05) is 6.07 Å². The molecule has 0 aliphatic heterocycles. The lowest BCUT2D eigenvalue weighted by molar-refractivity contribution is -0.144. The van der Waals surface area contributed by atoms with E-state index in [4.69, 9.17) is 14.2 Å². The molecule has 0 saturated heterocycles. The number of anilines is 1. The Labute approximate surface area is 196 Å². The highest BCUT2D eigenvalue weighted by atomic mass is 32.2. The predicted molar refractivity (Wildman–Crippen MR) is 125 cm³/mol. The molecular formula is C23H23NO7S2. The third kappa shape index (κ3) is 6.33. The van der Waals surface area contributed by atoms with E-state index in [-0.39, 0.29) is 16.6 Å². The average Bonchev–Trinajstić information content (AvgIpc) is 3.38. The summed E-state index contributed by atoms with van der Waals surface area (Å²) in [5.74, 6) is -0.0299. The minimum atomic E-state index is -3.63. The normalized spacial score (nSPS) is 11.0. The zero-order valence-corrected chi connectivity index (χ0v) is 19.7. The molecule has 1 heterocycles. The lowest BCUT2D eigenvalue weighted by atomic mass is 10.1. The molecule has 0 N–H and O–H groups in total. The molecule has 3 rings (SSSR count). The van der Waals surface area contributed by atoms with Crippen LogP contribution in [0.4, 0.5) is 5.69 Å². The number of ether oxygens (including phenoxy) is 3. The average molecular weight is 490 g/mol. The minimum absolute atomic E-state index is 0.243. The van der Waals surface area contributed by atoms with Crippen molar-refractivity contribution < 1.29 is 32.2 Å². The van der Waals surface area contributed by atoms with Crippen LogP contribution in [-0.2, 0) is 19.6 Å². The summed E-state index contributed by atoms with van der Waals surface area (Å²) in [6, 6.07) is 16.0. The van der Waals surface area contributed by atoms with Crippen molar-refractivity contribution in [3.63, 3.8) is 0 Å². The molecule has 0 bridgehead atoms. The lowest BCUT2D eigenvalue weighted by Gasteiger charge is -2.18. The Morgan fingerprint density at radius 3 is 2.15 bits per heavy atom. The fourth-order valence-electron chi connectivity index (χ4n) is 2.75. The third-order valence-corrected chi connectivity index (χ3v) is 7.68. The SMILES string of the molecule is CCOc1ccc(C(=O)COC(=O)COc2ccc(N(C)S(=O)(=O)c3cccs3)cc2)cc1. The van der Waals surface area contributed by atoms with Crippen LogP contribution < -0.4 is 13.8 Å². The number of Topliss-reactive ketones (excluding diaryl/α,β-unsaturated/α-hetero) is 1. The van der Waals surface area contributed by atoms with Crippen LogP contribution in [0.3, 0.4) is 0 Å². The number of hydrogen-bond acceptors (Lipinski definition) is 8. The number of esters is 1. The Morgan fingerprint density at radius 2 is 1.55 bits per heavy atom. The molecule has 0 aliphatic carbocycles. The van der Waals surface area contributed by atoms with Crippen LogP contribution in [0, 0.1) is 0 Å². The van der Waals surface area contributed by atoms with Gasteiger partial charge in [-0.3, -0.25) is 9.10 Å². The van der Waals surface area contributed by atoms with Crippen molar-refractivity contribution in [2.75, 3.05) is 31.2 Å². The maximum absolute atomic E-state index is 12.6. The molecule has 1 aromatic heterocycles. The molecule has 0 atom stereocenters. The quantitative estimate of drug-likeness (QED) is 0.299. The van der Waals surface area contributed by atoms with Crippen LogP contribution in [-0.4, -0.2) is 47.0 Å². The van der Waals surface area contributed by atoms with Gasteiger partial charge in [0.05, 0.1) is 12.3 Å². The van der Waals surface area contributed by atoms with Crippen LogP contribution in [0.5, 0.6) is 11.5 Å². The molecule has 0 amide bonds. The van der Waals surface area contributed by atoms with E-state index in [1.807, 2.05) is 6.92 Å². The fraction of sp³-hybridized carbons (Fsp3) is 0.217. The van der Waals surface area contributed by atoms with E-state index in [1.165, 1.54) is 11.4 Å². The monoisotopic (exact) mass is 489 g/mol. The number of carbonyl (C=O) groups excluding carboxylic acids is 2. The number of ketones is 1. The zero-order valence-electron chi connectivity index (χ0n) is 18.1. The van der Waals surface area contributed by atoms with Crippen molar-refractivity contribution in [3.05, 3.63) is 71.6 Å². The molecule has 0 fully saturated rings. The van der Waals surface area contributed by atoms with Gasteiger partial charge in [0.25, 0.3) is 10.0 Å². The third-order valence-electron chi connectivity index (χ3n) is 4.52. The van der Waals surface area contributed by atoms with Gasteiger partial charge in [0, 0.05) is 12.6 Å². The number of sulfonamides is 1. The molecule has 0 spiro atoms. The summed E-state index contributed by atoms with van der Waals surface area (Å²) in [7, 11) is -2.17. The Hall–Kier alpha value is -3.37. The first-order valence-corrected chi connectivity index (χ1v) is 12.3. The van der Waals surface area contributed by atoms with E-state index in [0.29, 0.717) is 29.4 Å². The Morgan fingerprint density at radius 1 is 0.909 bits per heavy atom. The Balaban J connectivity index is 1.48. The highest BCUT2D eigenvalue weighted by molar-refractivity contribution is 7.94. The molecular weight excluding hydrogens is 466 g/mol. The topological polar surface area (TPSA) is 99.2 Å². The van der Waals surface area contributed by atoms with E-state index in [2.05, 4.69) is 0 Å². The summed E-state index contributed by atoms with van der Waals surface area (Å²) in [5, 5.41) is 1.70. The highest BCUT2D eigenvalue weighted by Crippen LogP contribution is 2.26. The summed E-state index contributed by atoms with van der Waals surface area (Å²) >= 11 is 1.14. The van der Waals surface area contributed by atoms with Crippen molar-refractivity contribution in [1.29, 1.82) is 0 Å². The van der Waals surface area contributed by atoms with Gasteiger partial charge in [-0.05, 0) is 66.9 Å². The molecule has 0 aliphatic rings. The summed E-state index contributed by atoms with van der Waals surface area (Å²) in [6.07, 6.45) is 0. The van der Waals surface area contributed by atoms with Crippen molar-refractivity contribution in [2.24, 2.45) is 0 Å². The summed E-state index contributed by atoms with van der Waals surface area (Å²) < 4.78 is 42.2. The Kier molecular flexibility index (Phi) is 8.07. The molecule has 3 aromatic rings. The molecule has 8 nitrogen and oxygen atoms in total. The predicted octanol–water partition coefficient (Wildman–Crippen LogP) is 3.78. The van der Waals surface area contributed by atoms with E-state index in [1.54, 1.807) is 66.0 Å². The van der Waals surface area contributed by atoms with E-state index in [9.17, 15) is 18.0 Å². The molecule has 0 radical (unpaired) electrons. The van der Waals surface area contributed by atoms with E-state index >= 15 is 0 Å². The largest absolute Gasteiger partial charge is 0.494 e. The van der Waals surface area contributed by atoms with Gasteiger partial charge in [-0.2, -0.15) is 0 Å². The maximum atomic E-state index is 12.6. The zero-order chi connectivity index (χ0) is 23.8. The minimum Gasteiger partial charge on any atom is -0.494 e. The van der Waals surface area contributed by atoms with Crippen molar-refractivity contribution in [1.82, 2.24) is 0 Å². The lowest BCUT2D eigenvalue weighted by Crippen LogP contribution is -2.25. The molecule has 174 valence electrons. The van der Waals surface area contributed by atoms with E-state index < -0.39 is 22.6 Å². The van der Waals surface area contributed by atoms with Crippen molar-refractivity contribution in [3.8, 4) is 11.5 Å². The second kappa shape index (κ2) is 11.0. The van der Waals surface area contributed by atoms with Crippen LogP contribution in [0.2, 0.25) is 0 Å². The van der Waals surface area contributed by atoms with E-state index in [0.717, 1.165) is 11.3 Å². The highest BCUT2D eigenvalue weighted by Gasteiger charge is 2.22. The molecule has 2 aromatic carbocycles. The first-order valence-electron chi connectivity index (χ1n) is 9.98. The maximum Gasteiger partial charge on any atom is 0.344 e.